The van der Waals surface area contributed by atoms with Crippen molar-refractivity contribution in [2.45, 2.75) is 12.5 Å². The average Bonchev–Trinajstić information content (AvgIpc) is 3.11. The van der Waals surface area contributed by atoms with E-state index >= 15 is 0 Å². The van der Waals surface area contributed by atoms with Crippen LogP contribution in [0.15, 0.2) is 30.3 Å². The van der Waals surface area contributed by atoms with Gasteiger partial charge in [0.15, 0.2) is 17.4 Å². The third-order valence-electron chi connectivity index (χ3n) is 4.33. The fourth-order valence-electron chi connectivity index (χ4n) is 3.01. The van der Waals surface area contributed by atoms with Gasteiger partial charge in [0, 0.05) is 19.1 Å². The Bertz CT molecular complexity index is 845. The Balaban J connectivity index is 1.72. The van der Waals surface area contributed by atoms with E-state index in [4.69, 9.17) is 4.74 Å². The molecule has 5 nitrogen and oxygen atoms in total. The molecule has 2 aromatic carbocycles. The highest BCUT2D eigenvalue weighted by molar-refractivity contribution is 5.95. The first-order chi connectivity index (χ1) is 12.4. The Morgan fingerprint density at radius 3 is 2.73 bits per heavy atom. The predicted molar refractivity (Wildman–Crippen MR) is 89.1 cm³/mol. The van der Waals surface area contributed by atoms with Crippen molar-refractivity contribution in [3.8, 4) is 11.5 Å². The Kier molecular flexibility index (Phi) is 4.92. The fraction of sp³-hybridized carbons (Fsp3) is 0.278. The van der Waals surface area contributed by atoms with Gasteiger partial charge in [-0.05, 0) is 24.6 Å². The van der Waals surface area contributed by atoms with Crippen LogP contribution in [0.4, 0.5) is 18.9 Å². The second kappa shape index (κ2) is 7.15. The number of phenolic OH excluding ortho intramolecular Hbond substituents is 1. The molecule has 26 heavy (non-hydrogen) atoms. The maximum Gasteiger partial charge on any atom is 0.254 e. The number of para-hydroxylation sites is 2. The van der Waals surface area contributed by atoms with Gasteiger partial charge in [0.05, 0.1) is 18.4 Å². The second-order valence-electron chi connectivity index (χ2n) is 5.96. The number of aromatic hydroxyl groups is 1. The van der Waals surface area contributed by atoms with Crippen LogP contribution < -0.4 is 15.0 Å². The molecule has 0 bridgehead atoms. The quantitative estimate of drug-likeness (QED) is 0.817. The van der Waals surface area contributed by atoms with Crippen LogP contribution in [0.1, 0.15) is 16.8 Å². The topological polar surface area (TPSA) is 61.8 Å². The number of halogens is 3. The van der Waals surface area contributed by atoms with Crippen molar-refractivity contribution < 1.29 is 27.8 Å². The first-order valence-corrected chi connectivity index (χ1v) is 7.97. The SMILES string of the molecule is COc1ccccc1N1CCC(NC(=O)c2cc(F)c(F)c(O)c2F)C1. The van der Waals surface area contributed by atoms with Gasteiger partial charge < -0.3 is 20.1 Å². The molecule has 1 saturated heterocycles. The zero-order valence-electron chi connectivity index (χ0n) is 13.9. The molecule has 1 atom stereocenters. The summed E-state index contributed by atoms with van der Waals surface area (Å²) in [6.07, 6.45) is 0.584. The molecule has 0 spiro atoms. The molecule has 8 heteroatoms. The zero-order chi connectivity index (χ0) is 18.8. The van der Waals surface area contributed by atoms with Gasteiger partial charge in [0.25, 0.3) is 5.91 Å². The summed E-state index contributed by atoms with van der Waals surface area (Å²) in [7, 11) is 1.56. The largest absolute Gasteiger partial charge is 0.503 e. The minimum Gasteiger partial charge on any atom is -0.503 e. The Morgan fingerprint density at radius 2 is 2.00 bits per heavy atom. The fourth-order valence-corrected chi connectivity index (χ4v) is 3.01. The van der Waals surface area contributed by atoms with Crippen LogP contribution >= 0.6 is 0 Å². The zero-order valence-corrected chi connectivity index (χ0v) is 13.9. The third kappa shape index (κ3) is 3.26. The molecule has 2 aromatic rings. The van der Waals surface area contributed by atoms with E-state index in [0.717, 1.165) is 5.69 Å². The molecule has 1 heterocycles. The molecule has 3 rings (SSSR count). The summed E-state index contributed by atoms with van der Waals surface area (Å²) in [5.41, 5.74) is 0.126. The second-order valence-corrected chi connectivity index (χ2v) is 5.96. The average molecular weight is 366 g/mol. The van der Waals surface area contributed by atoms with Crippen molar-refractivity contribution in [2.24, 2.45) is 0 Å². The van der Waals surface area contributed by atoms with Gasteiger partial charge in [-0.2, -0.15) is 4.39 Å². The van der Waals surface area contributed by atoms with E-state index in [-0.39, 0.29) is 6.04 Å². The summed E-state index contributed by atoms with van der Waals surface area (Å²) in [5.74, 6) is -6.42. The molecule has 1 aliphatic rings. The van der Waals surface area contributed by atoms with E-state index in [1.165, 1.54) is 0 Å². The first-order valence-electron chi connectivity index (χ1n) is 7.97. The van der Waals surface area contributed by atoms with Crippen LogP contribution in [0.25, 0.3) is 0 Å². The number of amides is 1. The van der Waals surface area contributed by atoms with E-state index in [1.807, 2.05) is 29.2 Å². The number of methoxy groups -OCH3 is 1. The van der Waals surface area contributed by atoms with Crippen molar-refractivity contribution in [2.75, 3.05) is 25.1 Å². The normalized spacial score (nSPS) is 16.6. The number of nitrogens with zero attached hydrogens (tertiary/aromatic N) is 1. The molecule has 1 aliphatic heterocycles. The number of carbonyl (C=O) groups excluding carboxylic acids is 1. The van der Waals surface area contributed by atoms with Crippen molar-refractivity contribution >= 4 is 11.6 Å². The Labute approximate surface area is 148 Å². The molecular formula is C18H17F3N2O3. The van der Waals surface area contributed by atoms with Gasteiger partial charge in [-0.1, -0.05) is 12.1 Å². The molecule has 2 N–H and O–H groups in total. The lowest BCUT2D eigenvalue weighted by Gasteiger charge is -2.21. The van der Waals surface area contributed by atoms with Gasteiger partial charge >= 0.3 is 0 Å². The third-order valence-corrected chi connectivity index (χ3v) is 4.33. The minimum absolute atomic E-state index is 0.318. The van der Waals surface area contributed by atoms with Crippen LogP contribution in [0.5, 0.6) is 11.5 Å². The van der Waals surface area contributed by atoms with Gasteiger partial charge in [0.2, 0.25) is 5.82 Å². The maximum atomic E-state index is 13.9. The summed E-state index contributed by atoms with van der Waals surface area (Å²) in [5, 5.41) is 11.8. The van der Waals surface area contributed by atoms with Gasteiger partial charge in [-0.3, -0.25) is 4.79 Å². The van der Waals surface area contributed by atoms with Crippen LogP contribution in [0.3, 0.4) is 0 Å². The van der Waals surface area contributed by atoms with Crippen LogP contribution in [-0.2, 0) is 0 Å². The Hall–Kier alpha value is -2.90. The molecule has 138 valence electrons. The number of anilines is 1. The van der Waals surface area contributed by atoms with E-state index in [0.29, 0.717) is 31.3 Å². The molecule has 0 saturated carbocycles. The number of ether oxygens (including phenoxy) is 1. The molecule has 1 fully saturated rings. The van der Waals surface area contributed by atoms with Gasteiger partial charge in [-0.25, -0.2) is 8.78 Å². The maximum absolute atomic E-state index is 13.9. The number of nitrogens with one attached hydrogen (secondary N) is 1. The van der Waals surface area contributed by atoms with Gasteiger partial charge in [-0.15, -0.1) is 0 Å². The number of carbonyl (C=O) groups is 1. The van der Waals surface area contributed by atoms with Crippen molar-refractivity contribution in [3.05, 3.63) is 53.3 Å². The molecule has 1 unspecified atom stereocenters. The van der Waals surface area contributed by atoms with E-state index in [1.54, 1.807) is 7.11 Å². The first kappa shape index (κ1) is 17.9. The number of hydrogen-bond acceptors (Lipinski definition) is 4. The standard InChI is InChI=1S/C18H17F3N2O3/c1-26-14-5-3-2-4-13(14)23-7-6-10(9-23)22-18(25)11-8-12(19)16(21)17(24)15(11)20/h2-5,8,10,24H,6-7,9H2,1H3,(H,22,25). The van der Waals surface area contributed by atoms with E-state index < -0.39 is 34.7 Å². The van der Waals surface area contributed by atoms with E-state index in [9.17, 15) is 23.1 Å². The highest BCUT2D eigenvalue weighted by Crippen LogP contribution is 2.31. The van der Waals surface area contributed by atoms with Crippen molar-refractivity contribution in [3.63, 3.8) is 0 Å². The minimum atomic E-state index is -1.72. The van der Waals surface area contributed by atoms with Gasteiger partial charge in [0.1, 0.15) is 5.75 Å². The highest BCUT2D eigenvalue weighted by atomic mass is 19.2. The summed E-state index contributed by atoms with van der Waals surface area (Å²) in [6, 6.07) is 7.53. The van der Waals surface area contributed by atoms with E-state index in [2.05, 4.69) is 5.32 Å². The summed E-state index contributed by atoms with van der Waals surface area (Å²) < 4.78 is 45.7. The lowest BCUT2D eigenvalue weighted by molar-refractivity contribution is 0.0934. The number of benzene rings is 2. The summed E-state index contributed by atoms with van der Waals surface area (Å²) in [6.45, 7) is 1.08. The Morgan fingerprint density at radius 1 is 1.27 bits per heavy atom. The van der Waals surface area contributed by atoms with Crippen LogP contribution in [0, 0.1) is 17.5 Å². The van der Waals surface area contributed by atoms with Crippen molar-refractivity contribution in [1.29, 1.82) is 0 Å². The van der Waals surface area contributed by atoms with Crippen LogP contribution in [0.2, 0.25) is 0 Å². The summed E-state index contributed by atoms with van der Waals surface area (Å²) in [4.78, 5) is 14.2. The number of phenols is 1. The highest BCUT2D eigenvalue weighted by Gasteiger charge is 2.28. The lowest BCUT2D eigenvalue weighted by Crippen LogP contribution is -2.37. The van der Waals surface area contributed by atoms with Crippen molar-refractivity contribution in [1.82, 2.24) is 5.32 Å². The molecule has 0 aromatic heterocycles. The molecule has 0 aliphatic carbocycles. The molecule has 0 radical (unpaired) electrons. The summed E-state index contributed by atoms with van der Waals surface area (Å²) >= 11 is 0. The predicted octanol–water partition coefficient (Wildman–Crippen LogP) is 2.83. The molecule has 1 amide bonds. The van der Waals surface area contributed by atoms with Crippen LogP contribution in [-0.4, -0.2) is 37.3 Å². The smallest absolute Gasteiger partial charge is 0.254 e. The number of hydrogen-bond donors (Lipinski definition) is 2. The lowest BCUT2D eigenvalue weighted by atomic mass is 10.1. The monoisotopic (exact) mass is 366 g/mol. The molecular weight excluding hydrogens is 349 g/mol. The number of rotatable bonds is 4.